The van der Waals surface area contributed by atoms with Crippen molar-refractivity contribution in [2.24, 2.45) is 5.41 Å². The van der Waals surface area contributed by atoms with Crippen molar-refractivity contribution < 1.29 is 4.74 Å². The average Bonchev–Trinajstić information content (AvgIpc) is 2.99. The second-order valence-electron chi connectivity index (χ2n) is 3.82. The summed E-state index contributed by atoms with van der Waals surface area (Å²) >= 11 is 6.02. The summed E-state index contributed by atoms with van der Waals surface area (Å²) < 4.78 is 5.23. The first-order valence-electron chi connectivity index (χ1n) is 4.70. The van der Waals surface area contributed by atoms with Gasteiger partial charge < -0.3 is 4.74 Å². The van der Waals surface area contributed by atoms with E-state index < -0.39 is 0 Å². The molecule has 0 N–H and O–H groups in total. The standard InChI is InChI=1S/C11H12ClNO/c1-14-10-6-8(2-3-9(10)12)11(7-13)4-5-11/h2-3,6,9-10H,4-5H2,1H3. The molecule has 0 aromatic heterocycles. The molecule has 0 aliphatic heterocycles. The van der Waals surface area contributed by atoms with E-state index >= 15 is 0 Å². The number of hydrogen-bond acceptors (Lipinski definition) is 2. The molecule has 2 aliphatic carbocycles. The minimum atomic E-state index is -0.232. The molecule has 14 heavy (non-hydrogen) atoms. The molecule has 0 aromatic carbocycles. The highest BCUT2D eigenvalue weighted by Gasteiger charge is 2.46. The van der Waals surface area contributed by atoms with Crippen molar-refractivity contribution in [2.45, 2.75) is 24.3 Å². The van der Waals surface area contributed by atoms with E-state index in [0.29, 0.717) is 0 Å². The van der Waals surface area contributed by atoms with Crippen LogP contribution in [0.2, 0.25) is 0 Å². The lowest BCUT2D eigenvalue weighted by atomic mass is 9.91. The summed E-state index contributed by atoms with van der Waals surface area (Å²) in [5.41, 5.74) is 0.841. The van der Waals surface area contributed by atoms with Crippen molar-refractivity contribution in [1.29, 1.82) is 5.26 Å². The van der Waals surface area contributed by atoms with Crippen molar-refractivity contribution in [3.8, 4) is 6.07 Å². The van der Waals surface area contributed by atoms with Crippen LogP contribution in [0.1, 0.15) is 12.8 Å². The Kier molecular flexibility index (Phi) is 2.38. The fraction of sp³-hybridized carbons (Fsp3) is 0.545. The van der Waals surface area contributed by atoms with Crippen LogP contribution >= 0.6 is 11.6 Å². The van der Waals surface area contributed by atoms with Gasteiger partial charge in [0.05, 0.1) is 23.0 Å². The summed E-state index contributed by atoms with van der Waals surface area (Å²) in [5, 5.41) is 8.92. The molecule has 2 nitrogen and oxygen atoms in total. The number of nitrogens with zero attached hydrogens (tertiary/aromatic N) is 1. The molecule has 3 heteroatoms. The Morgan fingerprint density at radius 3 is 2.86 bits per heavy atom. The van der Waals surface area contributed by atoms with Gasteiger partial charge in [-0.05, 0) is 24.5 Å². The molecule has 0 heterocycles. The highest BCUT2D eigenvalue weighted by atomic mass is 35.5. The molecule has 2 rings (SSSR count). The molecular weight excluding hydrogens is 198 g/mol. The first kappa shape index (κ1) is 9.76. The van der Waals surface area contributed by atoms with Gasteiger partial charge in [-0.3, -0.25) is 0 Å². The van der Waals surface area contributed by atoms with Gasteiger partial charge in [-0.2, -0.15) is 5.26 Å². The highest BCUT2D eigenvalue weighted by molar-refractivity contribution is 6.22. The second-order valence-corrected chi connectivity index (χ2v) is 4.32. The molecule has 2 aliphatic rings. The lowest BCUT2D eigenvalue weighted by Gasteiger charge is -2.21. The van der Waals surface area contributed by atoms with E-state index in [1.54, 1.807) is 7.11 Å². The third-order valence-corrected chi connectivity index (χ3v) is 3.30. The molecule has 0 spiro atoms. The van der Waals surface area contributed by atoms with Gasteiger partial charge >= 0.3 is 0 Å². The Balaban J connectivity index is 2.22. The monoisotopic (exact) mass is 209 g/mol. The van der Waals surface area contributed by atoms with Gasteiger partial charge in [0, 0.05) is 7.11 Å². The summed E-state index contributed by atoms with van der Waals surface area (Å²) in [4.78, 5) is 0. The second kappa shape index (κ2) is 3.42. The Hall–Kier alpha value is -0.780. The number of ether oxygens (including phenoxy) is 1. The van der Waals surface area contributed by atoms with Gasteiger partial charge in [0.2, 0.25) is 0 Å². The van der Waals surface area contributed by atoms with E-state index in [0.717, 1.165) is 18.4 Å². The van der Waals surface area contributed by atoms with Crippen LogP contribution in [0.3, 0.4) is 0 Å². The molecule has 0 radical (unpaired) electrons. The topological polar surface area (TPSA) is 33.0 Å². The Morgan fingerprint density at radius 1 is 1.64 bits per heavy atom. The Bertz CT molecular complexity index is 336. The molecule has 0 bridgehead atoms. The van der Waals surface area contributed by atoms with Gasteiger partial charge in [0.1, 0.15) is 0 Å². The Morgan fingerprint density at radius 2 is 2.36 bits per heavy atom. The minimum absolute atomic E-state index is 0.0949. The quantitative estimate of drug-likeness (QED) is 0.655. The maximum atomic E-state index is 9.04. The summed E-state index contributed by atoms with van der Waals surface area (Å²) in [7, 11) is 1.64. The van der Waals surface area contributed by atoms with E-state index in [1.165, 1.54) is 0 Å². The lowest BCUT2D eigenvalue weighted by molar-refractivity contribution is 0.144. The first-order valence-corrected chi connectivity index (χ1v) is 5.14. The molecule has 0 saturated heterocycles. The fourth-order valence-electron chi connectivity index (χ4n) is 1.74. The largest absolute Gasteiger partial charge is 0.375 e. The molecular formula is C11H12ClNO. The van der Waals surface area contributed by atoms with Crippen LogP contribution in [0, 0.1) is 16.7 Å². The summed E-state index contributed by atoms with van der Waals surface area (Å²) in [5.74, 6) is 0. The van der Waals surface area contributed by atoms with Crippen LogP contribution in [-0.4, -0.2) is 18.6 Å². The molecule has 1 fully saturated rings. The molecule has 0 amide bonds. The molecule has 2 atom stereocenters. The summed E-state index contributed by atoms with van der Waals surface area (Å²) in [6.07, 6.45) is 7.67. The van der Waals surface area contributed by atoms with E-state index in [2.05, 4.69) is 6.07 Å². The summed E-state index contributed by atoms with van der Waals surface area (Å²) in [6, 6.07) is 2.36. The fourth-order valence-corrected chi connectivity index (χ4v) is 1.99. The number of methoxy groups -OCH3 is 1. The van der Waals surface area contributed by atoms with Crippen LogP contribution in [0.4, 0.5) is 0 Å². The minimum Gasteiger partial charge on any atom is -0.375 e. The number of allylic oxidation sites excluding steroid dienone is 2. The molecule has 0 aromatic rings. The first-order chi connectivity index (χ1) is 6.72. The average molecular weight is 210 g/mol. The highest BCUT2D eigenvalue weighted by Crippen LogP contribution is 2.52. The number of rotatable bonds is 2. The van der Waals surface area contributed by atoms with Crippen LogP contribution in [0.25, 0.3) is 0 Å². The van der Waals surface area contributed by atoms with E-state index in [9.17, 15) is 0 Å². The van der Waals surface area contributed by atoms with Crippen LogP contribution in [-0.2, 0) is 4.74 Å². The van der Waals surface area contributed by atoms with Gasteiger partial charge in [0.15, 0.2) is 0 Å². The number of halogens is 1. The Labute approximate surface area is 88.8 Å². The van der Waals surface area contributed by atoms with E-state index in [4.69, 9.17) is 21.6 Å². The normalized spacial score (nSPS) is 33.4. The van der Waals surface area contributed by atoms with Crippen molar-refractivity contribution >= 4 is 11.6 Å². The molecule has 1 saturated carbocycles. The summed E-state index contributed by atoms with van der Waals surface area (Å²) in [6.45, 7) is 0. The third-order valence-electron chi connectivity index (χ3n) is 2.91. The lowest BCUT2D eigenvalue weighted by Crippen LogP contribution is -2.23. The predicted molar refractivity (Wildman–Crippen MR) is 54.9 cm³/mol. The van der Waals surface area contributed by atoms with Crippen molar-refractivity contribution in [2.75, 3.05) is 7.11 Å². The molecule has 2 unspecified atom stereocenters. The van der Waals surface area contributed by atoms with E-state index in [-0.39, 0.29) is 16.9 Å². The number of hydrogen-bond donors (Lipinski definition) is 0. The van der Waals surface area contributed by atoms with Crippen molar-refractivity contribution in [3.63, 3.8) is 0 Å². The molecule has 74 valence electrons. The van der Waals surface area contributed by atoms with E-state index in [1.807, 2.05) is 18.2 Å². The predicted octanol–water partition coefficient (Wildman–Crippen LogP) is 2.41. The zero-order valence-electron chi connectivity index (χ0n) is 8.03. The van der Waals surface area contributed by atoms with Gasteiger partial charge in [-0.25, -0.2) is 0 Å². The SMILES string of the molecule is COC1C=C(C2(C#N)CC2)C=CC1Cl. The maximum Gasteiger partial charge on any atom is 0.0957 e. The van der Waals surface area contributed by atoms with Gasteiger partial charge in [-0.15, -0.1) is 11.6 Å². The number of nitriles is 1. The number of alkyl halides is 1. The third kappa shape index (κ3) is 1.47. The van der Waals surface area contributed by atoms with Crippen molar-refractivity contribution in [3.05, 3.63) is 23.8 Å². The van der Waals surface area contributed by atoms with Crippen LogP contribution in [0.5, 0.6) is 0 Å². The van der Waals surface area contributed by atoms with Gasteiger partial charge in [0.25, 0.3) is 0 Å². The smallest absolute Gasteiger partial charge is 0.0957 e. The maximum absolute atomic E-state index is 9.04. The van der Waals surface area contributed by atoms with Gasteiger partial charge in [-0.1, -0.05) is 12.2 Å². The van der Waals surface area contributed by atoms with Crippen LogP contribution < -0.4 is 0 Å². The van der Waals surface area contributed by atoms with Crippen molar-refractivity contribution in [1.82, 2.24) is 0 Å². The zero-order chi connectivity index (χ0) is 10.2. The van der Waals surface area contributed by atoms with Crippen LogP contribution in [0.15, 0.2) is 23.8 Å². The zero-order valence-corrected chi connectivity index (χ0v) is 8.79.